The van der Waals surface area contributed by atoms with Gasteiger partial charge in [0.2, 0.25) is 5.95 Å². The number of rotatable bonds is 3. The molecule has 0 unspecified atom stereocenters. The van der Waals surface area contributed by atoms with E-state index < -0.39 is 0 Å². The highest BCUT2D eigenvalue weighted by Gasteiger charge is 2.10. The first-order valence-corrected chi connectivity index (χ1v) is 5.91. The Balaban J connectivity index is 3.14. The van der Waals surface area contributed by atoms with Gasteiger partial charge in [-0.15, -0.1) is 0 Å². The normalized spacial score (nSPS) is 10.4. The molecule has 0 N–H and O–H groups in total. The molecule has 3 nitrogen and oxygen atoms in total. The van der Waals surface area contributed by atoms with Crippen molar-refractivity contribution in [3.63, 3.8) is 0 Å². The Kier molecular flexibility index (Phi) is 4.37. The van der Waals surface area contributed by atoms with Crippen molar-refractivity contribution in [1.82, 2.24) is 9.97 Å². The van der Waals surface area contributed by atoms with Gasteiger partial charge in [-0.2, -0.15) is 4.98 Å². The van der Waals surface area contributed by atoms with Crippen LogP contribution in [0.15, 0.2) is 0 Å². The molecule has 14 heavy (non-hydrogen) atoms. The van der Waals surface area contributed by atoms with Crippen LogP contribution in [-0.4, -0.2) is 24.1 Å². The Hall–Kier alpha value is -0.100. The van der Waals surface area contributed by atoms with Gasteiger partial charge in [-0.3, -0.25) is 0 Å². The maximum Gasteiger partial charge on any atom is 0.226 e. The summed E-state index contributed by atoms with van der Waals surface area (Å²) in [4.78, 5) is 10.5. The summed E-state index contributed by atoms with van der Waals surface area (Å²) in [5.41, 5.74) is 1.04. The van der Waals surface area contributed by atoms with E-state index in [4.69, 9.17) is 11.6 Å². The molecule has 1 rings (SSSR count). The van der Waals surface area contributed by atoms with E-state index in [1.165, 1.54) is 0 Å². The van der Waals surface area contributed by atoms with Gasteiger partial charge in [-0.05, 0) is 29.0 Å². The lowest BCUT2D eigenvalue weighted by Crippen LogP contribution is -2.14. The number of anilines is 1. The predicted octanol–water partition coefficient (Wildman–Crippen LogP) is 2.75. The summed E-state index contributed by atoms with van der Waals surface area (Å²) in [5.74, 6) is 0.680. The molecule has 0 aliphatic carbocycles. The zero-order valence-electron chi connectivity index (χ0n) is 8.51. The molecule has 0 saturated carbocycles. The molecule has 1 aromatic heterocycles. The van der Waals surface area contributed by atoms with Crippen molar-refractivity contribution in [2.24, 2.45) is 0 Å². The van der Waals surface area contributed by atoms with Gasteiger partial charge in [0.25, 0.3) is 0 Å². The number of nitrogens with zero attached hydrogens (tertiary/aromatic N) is 3. The Labute approximate surface area is 103 Å². The van der Waals surface area contributed by atoms with E-state index >= 15 is 0 Å². The highest BCUT2D eigenvalue weighted by molar-refractivity contribution is 14.1. The summed E-state index contributed by atoms with van der Waals surface area (Å²) < 4.78 is 0.969. The molecule has 1 aromatic rings. The summed E-state index contributed by atoms with van der Waals surface area (Å²) >= 11 is 8.21. The standard InChI is InChI=1S/C9H13ClIN3/c1-4-5-6-7(11)8(10)13-9(12-6)14(2)3/h4-5H2,1-3H3. The van der Waals surface area contributed by atoms with Crippen LogP contribution in [0.2, 0.25) is 5.15 Å². The molecule has 0 radical (unpaired) electrons. The second kappa shape index (κ2) is 5.11. The van der Waals surface area contributed by atoms with Crippen molar-refractivity contribution < 1.29 is 0 Å². The summed E-state index contributed by atoms with van der Waals surface area (Å²) in [5, 5.41) is 0.549. The Morgan fingerprint density at radius 3 is 2.50 bits per heavy atom. The molecule has 5 heteroatoms. The molecule has 0 aliphatic rings. The average molecular weight is 326 g/mol. The van der Waals surface area contributed by atoms with Crippen LogP contribution < -0.4 is 4.90 Å². The van der Waals surface area contributed by atoms with E-state index in [2.05, 4.69) is 39.5 Å². The molecule has 0 bridgehead atoms. The van der Waals surface area contributed by atoms with E-state index in [1.54, 1.807) is 0 Å². The highest BCUT2D eigenvalue weighted by Crippen LogP contribution is 2.22. The molecular formula is C9H13ClIN3. The van der Waals surface area contributed by atoms with Crippen LogP contribution in [0.25, 0.3) is 0 Å². The number of aromatic nitrogens is 2. The molecule has 0 fully saturated rings. The van der Waals surface area contributed by atoms with E-state index in [0.717, 1.165) is 22.1 Å². The third-order valence-corrected chi connectivity index (χ3v) is 3.48. The molecule has 78 valence electrons. The molecule has 0 spiro atoms. The smallest absolute Gasteiger partial charge is 0.226 e. The Bertz CT molecular complexity index is 328. The minimum atomic E-state index is 0.549. The van der Waals surface area contributed by atoms with E-state index in [9.17, 15) is 0 Å². The first kappa shape index (κ1) is 12.0. The van der Waals surface area contributed by atoms with E-state index in [1.807, 2.05) is 19.0 Å². The number of aryl methyl sites for hydroxylation is 1. The van der Waals surface area contributed by atoms with E-state index in [0.29, 0.717) is 11.1 Å². The van der Waals surface area contributed by atoms with Gasteiger partial charge in [0, 0.05) is 14.1 Å². The zero-order chi connectivity index (χ0) is 10.7. The second-order valence-electron chi connectivity index (χ2n) is 3.22. The summed E-state index contributed by atoms with van der Waals surface area (Å²) in [7, 11) is 3.82. The minimum absolute atomic E-state index is 0.549. The van der Waals surface area contributed by atoms with Crippen LogP contribution in [0.1, 0.15) is 19.0 Å². The zero-order valence-corrected chi connectivity index (χ0v) is 11.4. The molecule has 0 amide bonds. The van der Waals surface area contributed by atoms with Crippen LogP contribution in [0.3, 0.4) is 0 Å². The molecule has 0 aromatic carbocycles. The molecular weight excluding hydrogens is 312 g/mol. The number of hydrogen-bond donors (Lipinski definition) is 0. The van der Waals surface area contributed by atoms with Crippen LogP contribution in [0.4, 0.5) is 5.95 Å². The highest BCUT2D eigenvalue weighted by atomic mass is 127. The van der Waals surface area contributed by atoms with Crippen LogP contribution in [0.5, 0.6) is 0 Å². The summed E-state index contributed by atoms with van der Waals surface area (Å²) in [6.45, 7) is 2.13. The molecule has 0 atom stereocenters. The first-order valence-electron chi connectivity index (χ1n) is 4.45. The van der Waals surface area contributed by atoms with Gasteiger partial charge >= 0.3 is 0 Å². The lowest BCUT2D eigenvalue weighted by Gasteiger charge is -2.12. The monoisotopic (exact) mass is 325 g/mol. The minimum Gasteiger partial charge on any atom is -0.347 e. The Morgan fingerprint density at radius 2 is 2.00 bits per heavy atom. The lowest BCUT2D eigenvalue weighted by molar-refractivity contribution is 0.852. The molecule has 0 saturated heterocycles. The van der Waals surface area contributed by atoms with Crippen LogP contribution in [0, 0.1) is 3.57 Å². The van der Waals surface area contributed by atoms with Crippen molar-refractivity contribution in [3.8, 4) is 0 Å². The van der Waals surface area contributed by atoms with E-state index in [-0.39, 0.29) is 0 Å². The summed E-state index contributed by atoms with van der Waals surface area (Å²) in [6.07, 6.45) is 2.01. The van der Waals surface area contributed by atoms with Crippen molar-refractivity contribution in [1.29, 1.82) is 0 Å². The van der Waals surface area contributed by atoms with Crippen LogP contribution in [-0.2, 0) is 6.42 Å². The van der Waals surface area contributed by atoms with Gasteiger partial charge in [0.15, 0.2) is 0 Å². The Morgan fingerprint density at radius 1 is 1.36 bits per heavy atom. The first-order chi connectivity index (χ1) is 6.56. The van der Waals surface area contributed by atoms with Crippen molar-refractivity contribution >= 4 is 40.1 Å². The van der Waals surface area contributed by atoms with Crippen LogP contribution >= 0.6 is 34.2 Å². The topological polar surface area (TPSA) is 29.0 Å². The SMILES string of the molecule is CCCc1nc(N(C)C)nc(Cl)c1I. The summed E-state index contributed by atoms with van der Waals surface area (Å²) in [6, 6.07) is 0. The second-order valence-corrected chi connectivity index (χ2v) is 4.66. The largest absolute Gasteiger partial charge is 0.347 e. The number of hydrogen-bond acceptors (Lipinski definition) is 3. The maximum atomic E-state index is 6.01. The van der Waals surface area contributed by atoms with Crippen molar-refractivity contribution in [2.75, 3.05) is 19.0 Å². The molecule has 1 heterocycles. The van der Waals surface area contributed by atoms with Gasteiger partial charge in [0.05, 0.1) is 9.26 Å². The number of halogens is 2. The third kappa shape index (κ3) is 2.70. The third-order valence-electron chi connectivity index (χ3n) is 1.75. The molecule has 0 aliphatic heterocycles. The quantitative estimate of drug-likeness (QED) is 0.632. The van der Waals surface area contributed by atoms with Crippen molar-refractivity contribution in [2.45, 2.75) is 19.8 Å². The van der Waals surface area contributed by atoms with Crippen molar-refractivity contribution in [3.05, 3.63) is 14.4 Å². The van der Waals surface area contributed by atoms with Gasteiger partial charge in [-0.1, -0.05) is 24.9 Å². The fourth-order valence-corrected chi connectivity index (χ4v) is 1.75. The fraction of sp³-hybridized carbons (Fsp3) is 0.556. The fourth-order valence-electron chi connectivity index (χ4n) is 1.05. The average Bonchev–Trinajstić information content (AvgIpc) is 2.12. The maximum absolute atomic E-state index is 6.01. The predicted molar refractivity (Wildman–Crippen MR) is 68.1 cm³/mol. The van der Waals surface area contributed by atoms with Gasteiger partial charge < -0.3 is 4.90 Å². The lowest BCUT2D eigenvalue weighted by atomic mass is 10.2. The van der Waals surface area contributed by atoms with Gasteiger partial charge in [-0.25, -0.2) is 4.98 Å². The van der Waals surface area contributed by atoms with Gasteiger partial charge in [0.1, 0.15) is 5.15 Å².